The fraction of sp³-hybridized carbons (Fsp3) is 0.500. The normalized spacial score (nSPS) is 5.75. The van der Waals surface area contributed by atoms with Crippen LogP contribution in [0.15, 0.2) is 0 Å². The number of carbonyl (C=O) groups is 2. The summed E-state index contributed by atoms with van der Waals surface area (Å²) in [5, 5.41) is 16.7. The Balaban J connectivity index is -0.0000000483. The molecular formula is C4H7NNa2O5. The Morgan fingerprint density at radius 1 is 1.33 bits per heavy atom. The van der Waals surface area contributed by atoms with Crippen LogP contribution in [0.2, 0.25) is 0 Å². The van der Waals surface area contributed by atoms with E-state index in [1.165, 1.54) is 0 Å². The molecule has 6 nitrogen and oxygen atoms in total. The summed E-state index contributed by atoms with van der Waals surface area (Å²) in [6.45, 7) is 2.06. The molecule has 0 fully saturated rings. The molecule has 0 saturated carbocycles. The van der Waals surface area contributed by atoms with Crippen molar-refractivity contribution in [3.05, 3.63) is 0 Å². The summed E-state index contributed by atoms with van der Waals surface area (Å²) in [5.41, 5.74) is 4.54. The molecule has 0 aromatic heterocycles. The van der Waals surface area contributed by atoms with Gasteiger partial charge in [0.15, 0.2) is 0 Å². The molecule has 0 aliphatic heterocycles. The van der Waals surface area contributed by atoms with Crippen LogP contribution in [0.5, 0.6) is 0 Å². The second-order valence-electron chi connectivity index (χ2n) is 1.00. The van der Waals surface area contributed by atoms with E-state index in [0.717, 1.165) is 0 Å². The minimum atomic E-state index is -2.33. The summed E-state index contributed by atoms with van der Waals surface area (Å²) in [6.07, 6.45) is -3.04. The number of hydrogen-bond donors (Lipinski definition) is 1. The second-order valence-corrected chi connectivity index (χ2v) is 1.00. The van der Waals surface area contributed by atoms with Crippen LogP contribution in [-0.2, 0) is 4.74 Å². The van der Waals surface area contributed by atoms with Crippen LogP contribution in [0.3, 0.4) is 0 Å². The summed E-state index contributed by atoms with van der Waals surface area (Å²) < 4.78 is 4.18. The van der Waals surface area contributed by atoms with Gasteiger partial charge in [-0.05, 0) is 13.1 Å². The summed E-state index contributed by atoms with van der Waals surface area (Å²) in [6, 6.07) is 0. The Kier molecular flexibility index (Phi) is 33.5. The number of nitrogens with two attached hydrogens (primary N) is 1. The topological polar surface area (TPSA) is 116 Å². The van der Waals surface area contributed by atoms with Crippen LogP contribution in [0.1, 0.15) is 6.92 Å². The zero-order chi connectivity index (χ0) is 8.57. The number of amides is 1. The van der Waals surface area contributed by atoms with E-state index >= 15 is 0 Å². The second kappa shape index (κ2) is 17.6. The van der Waals surface area contributed by atoms with Crippen LogP contribution in [0.25, 0.3) is 0 Å². The fourth-order valence-electron chi connectivity index (χ4n) is 0.142. The molecule has 0 saturated heterocycles. The van der Waals surface area contributed by atoms with Crippen molar-refractivity contribution in [2.75, 3.05) is 6.61 Å². The molecule has 1 amide bonds. The van der Waals surface area contributed by atoms with Gasteiger partial charge in [-0.2, -0.15) is 0 Å². The molecule has 0 aliphatic rings. The van der Waals surface area contributed by atoms with E-state index in [1.807, 2.05) is 0 Å². The largest absolute Gasteiger partial charge is 1.00 e. The molecule has 0 aromatic carbocycles. The van der Waals surface area contributed by atoms with Gasteiger partial charge in [-0.25, -0.2) is 4.79 Å². The van der Waals surface area contributed by atoms with Crippen LogP contribution >= 0.6 is 0 Å². The van der Waals surface area contributed by atoms with Gasteiger partial charge in [-0.3, -0.25) is 0 Å². The first-order chi connectivity index (χ1) is 4.50. The van der Waals surface area contributed by atoms with Gasteiger partial charge in [0.1, 0.15) is 0 Å². The maximum atomic E-state index is 9.60. The van der Waals surface area contributed by atoms with E-state index < -0.39 is 12.2 Å². The molecule has 60 valence electrons. The van der Waals surface area contributed by atoms with Gasteiger partial charge in [-0.15, -0.1) is 0 Å². The van der Waals surface area contributed by atoms with Crippen LogP contribution in [0.4, 0.5) is 9.59 Å². The Labute approximate surface area is 114 Å². The molecule has 0 radical (unpaired) electrons. The van der Waals surface area contributed by atoms with Crippen molar-refractivity contribution in [2.24, 2.45) is 5.73 Å². The number of primary amides is 1. The number of ether oxygens (including phenoxy) is 1. The first kappa shape index (κ1) is 22.9. The molecule has 12 heavy (non-hydrogen) atoms. The summed E-state index contributed by atoms with van der Waals surface area (Å²) in [5.74, 6) is 0. The number of hydrogen-bond acceptors (Lipinski definition) is 5. The molecule has 0 aliphatic carbocycles. The smallest absolute Gasteiger partial charge is 0.652 e. The molecule has 2 N–H and O–H groups in total. The third-order valence-corrected chi connectivity index (χ3v) is 0.287. The average molecular weight is 195 g/mol. The van der Waals surface area contributed by atoms with Gasteiger partial charge in [0.05, 0.1) is 6.61 Å². The Morgan fingerprint density at radius 3 is 1.58 bits per heavy atom. The fourth-order valence-corrected chi connectivity index (χ4v) is 0.142. The van der Waals surface area contributed by atoms with Crippen molar-refractivity contribution < 1.29 is 83.7 Å². The molecular weight excluding hydrogens is 188 g/mol. The summed E-state index contributed by atoms with van der Waals surface area (Å²) >= 11 is 0. The number of carboxylic acid groups (broad SMARTS) is 2. The van der Waals surface area contributed by atoms with Gasteiger partial charge in [0.2, 0.25) is 0 Å². The Bertz CT molecular complexity index is 116. The van der Waals surface area contributed by atoms with Gasteiger partial charge in [-0.1, -0.05) is 0 Å². The van der Waals surface area contributed by atoms with Gasteiger partial charge in [0.25, 0.3) is 0 Å². The molecule has 0 rings (SSSR count). The minimum absolute atomic E-state index is 0. The number of rotatable bonds is 1. The molecule has 0 heterocycles. The first-order valence-electron chi connectivity index (χ1n) is 2.31. The average Bonchev–Trinajstić information content (AvgIpc) is 1.62. The third kappa shape index (κ3) is 76.5. The summed E-state index contributed by atoms with van der Waals surface area (Å²) in [4.78, 5) is 17.9. The molecule has 8 heteroatoms. The maximum absolute atomic E-state index is 9.60. The Morgan fingerprint density at radius 2 is 1.58 bits per heavy atom. The SMILES string of the molecule is CCOC(N)=O.O=C([O-])[O-].[Na+].[Na+]. The zero-order valence-corrected chi connectivity index (χ0v) is 11.3. The van der Waals surface area contributed by atoms with E-state index in [4.69, 9.17) is 15.0 Å². The zero-order valence-electron chi connectivity index (χ0n) is 7.33. The molecule has 0 spiro atoms. The van der Waals surface area contributed by atoms with E-state index in [9.17, 15) is 4.79 Å². The van der Waals surface area contributed by atoms with Crippen LogP contribution in [0, 0.1) is 0 Å². The van der Waals surface area contributed by atoms with Gasteiger partial charge >= 0.3 is 65.2 Å². The van der Waals surface area contributed by atoms with E-state index in [0.29, 0.717) is 6.61 Å². The monoisotopic (exact) mass is 195 g/mol. The van der Waals surface area contributed by atoms with Crippen LogP contribution in [-0.4, -0.2) is 18.9 Å². The van der Waals surface area contributed by atoms with Crippen molar-refractivity contribution in [1.29, 1.82) is 0 Å². The predicted molar refractivity (Wildman–Crippen MR) is 26.6 cm³/mol. The van der Waals surface area contributed by atoms with Crippen molar-refractivity contribution in [2.45, 2.75) is 6.92 Å². The van der Waals surface area contributed by atoms with Crippen molar-refractivity contribution in [3.63, 3.8) is 0 Å². The molecule has 0 bridgehead atoms. The van der Waals surface area contributed by atoms with Gasteiger partial charge < -0.3 is 25.5 Å². The number of carbonyl (C=O) groups excluding carboxylic acids is 2. The standard InChI is InChI=1S/C3H7NO2.CH2O3.2Na/c1-2-6-3(4)5;2-1(3)4;;/h2H2,1H3,(H2,4,5);(H2,2,3,4);;/q;;2*+1/p-2. The molecule has 0 atom stereocenters. The quantitative estimate of drug-likeness (QED) is 0.417. The van der Waals surface area contributed by atoms with E-state index in [-0.39, 0.29) is 59.1 Å². The van der Waals surface area contributed by atoms with E-state index in [2.05, 4.69) is 10.5 Å². The van der Waals surface area contributed by atoms with Gasteiger partial charge in [0, 0.05) is 0 Å². The first-order valence-corrected chi connectivity index (χ1v) is 2.31. The van der Waals surface area contributed by atoms with Crippen molar-refractivity contribution in [3.8, 4) is 0 Å². The van der Waals surface area contributed by atoms with E-state index in [1.54, 1.807) is 6.92 Å². The van der Waals surface area contributed by atoms with Crippen molar-refractivity contribution in [1.82, 2.24) is 0 Å². The Hall–Kier alpha value is 0.540. The maximum Gasteiger partial charge on any atom is 1.00 e. The molecule has 0 aromatic rings. The molecule has 0 unspecified atom stereocenters. The van der Waals surface area contributed by atoms with Crippen molar-refractivity contribution >= 4 is 12.2 Å². The minimum Gasteiger partial charge on any atom is -0.652 e. The third-order valence-electron chi connectivity index (χ3n) is 0.287. The van der Waals surface area contributed by atoms with Crippen LogP contribution < -0.4 is 75.1 Å². The predicted octanol–water partition coefficient (Wildman–Crippen LogP) is -8.34. The summed E-state index contributed by atoms with van der Waals surface area (Å²) in [7, 11) is 0.